The second-order valence-corrected chi connectivity index (χ2v) is 7.61. The van der Waals surface area contributed by atoms with Gasteiger partial charge in [-0.2, -0.15) is 13.2 Å². The van der Waals surface area contributed by atoms with E-state index in [0.29, 0.717) is 22.3 Å². The number of nitrogens with one attached hydrogen (secondary N) is 2. The molecule has 2 heterocycles. The van der Waals surface area contributed by atoms with E-state index < -0.39 is 23.6 Å². The van der Waals surface area contributed by atoms with Crippen molar-refractivity contribution in [2.45, 2.75) is 11.1 Å². The zero-order valence-corrected chi connectivity index (χ0v) is 16.7. The minimum Gasteiger partial charge on any atom is -0.365 e. The lowest BCUT2D eigenvalue weighted by Gasteiger charge is -2.10. The van der Waals surface area contributed by atoms with Crippen LogP contribution < -0.4 is 16.4 Å². The highest BCUT2D eigenvalue weighted by Gasteiger charge is 2.34. The molecule has 0 saturated heterocycles. The van der Waals surface area contributed by atoms with Crippen LogP contribution in [0.15, 0.2) is 40.4 Å². The minimum atomic E-state index is -4.69. The monoisotopic (exact) mass is 438 g/mol. The number of amides is 2. The normalized spacial score (nSPS) is 14.9. The molecule has 0 unspecified atom stereocenters. The van der Waals surface area contributed by atoms with Crippen LogP contribution in [0.2, 0.25) is 0 Å². The average molecular weight is 438 g/mol. The number of carbonyl (C=O) groups is 2. The molecule has 30 heavy (non-hydrogen) atoms. The number of benzene rings is 1. The van der Waals surface area contributed by atoms with Crippen molar-refractivity contribution < 1.29 is 22.8 Å². The SMILES string of the molecule is CN(C)CC(=O)Nc1ccc2c(c1)S/C(=C(/C(N)=O)c1nccc(C(F)(F)F)n1)N2. The molecule has 12 heteroatoms. The molecule has 158 valence electrons. The van der Waals surface area contributed by atoms with Gasteiger partial charge in [0.2, 0.25) is 5.91 Å². The first-order chi connectivity index (χ1) is 14.0. The Hall–Kier alpha value is -3.12. The number of primary amides is 1. The van der Waals surface area contributed by atoms with Crippen molar-refractivity contribution in [1.82, 2.24) is 14.9 Å². The van der Waals surface area contributed by atoms with Gasteiger partial charge in [-0.15, -0.1) is 0 Å². The maximum absolute atomic E-state index is 13.0. The zero-order valence-electron chi connectivity index (χ0n) is 15.9. The number of alkyl halides is 3. The number of carbonyl (C=O) groups excluding carboxylic acids is 2. The van der Waals surface area contributed by atoms with E-state index in [2.05, 4.69) is 20.6 Å². The number of fused-ring (bicyclic) bond motifs is 1. The maximum atomic E-state index is 13.0. The summed E-state index contributed by atoms with van der Waals surface area (Å²) in [6.07, 6.45) is -3.77. The van der Waals surface area contributed by atoms with Gasteiger partial charge in [0.05, 0.1) is 17.3 Å². The maximum Gasteiger partial charge on any atom is 0.433 e. The quantitative estimate of drug-likeness (QED) is 0.614. The van der Waals surface area contributed by atoms with Crippen molar-refractivity contribution in [3.05, 3.63) is 47.0 Å². The summed E-state index contributed by atoms with van der Waals surface area (Å²) >= 11 is 1.08. The standard InChI is InChI=1S/C18H17F3N6O2S/c1-27(2)8-13(28)24-9-3-4-10-11(7-9)30-17(25-10)14(15(22)29)16-23-6-5-12(26-16)18(19,20)21/h3-7,25H,8H2,1-2H3,(H2,22,29)(H,24,28)/b17-14-. The van der Waals surface area contributed by atoms with Gasteiger partial charge in [-0.05, 0) is 38.4 Å². The summed E-state index contributed by atoms with van der Waals surface area (Å²) in [6.45, 7) is 0.201. The van der Waals surface area contributed by atoms with Crippen LogP contribution in [-0.2, 0) is 15.8 Å². The van der Waals surface area contributed by atoms with E-state index in [1.165, 1.54) is 0 Å². The zero-order chi connectivity index (χ0) is 22.1. The Bertz CT molecular complexity index is 1040. The van der Waals surface area contributed by atoms with Crippen LogP contribution in [0.25, 0.3) is 5.57 Å². The second kappa shape index (κ2) is 8.32. The van der Waals surface area contributed by atoms with Crippen LogP contribution in [-0.4, -0.2) is 47.3 Å². The van der Waals surface area contributed by atoms with Crippen molar-refractivity contribution in [3.8, 4) is 0 Å². The summed E-state index contributed by atoms with van der Waals surface area (Å²) in [5.41, 5.74) is 5.10. The van der Waals surface area contributed by atoms with Crippen LogP contribution in [0.4, 0.5) is 24.5 Å². The Labute approximate surface area is 173 Å². The molecule has 0 bridgehead atoms. The highest BCUT2D eigenvalue weighted by molar-refractivity contribution is 8.04. The minimum absolute atomic E-state index is 0.201. The van der Waals surface area contributed by atoms with E-state index in [9.17, 15) is 22.8 Å². The van der Waals surface area contributed by atoms with Crippen molar-refractivity contribution in [2.24, 2.45) is 5.73 Å². The van der Waals surface area contributed by atoms with E-state index in [1.54, 1.807) is 37.2 Å². The summed E-state index contributed by atoms with van der Waals surface area (Å²) < 4.78 is 38.9. The number of likely N-dealkylation sites (N-methyl/N-ethyl adjacent to an activating group) is 1. The van der Waals surface area contributed by atoms with Gasteiger partial charge in [-0.1, -0.05) is 11.8 Å². The van der Waals surface area contributed by atoms with Crippen LogP contribution in [0.1, 0.15) is 11.5 Å². The number of aromatic nitrogens is 2. The van der Waals surface area contributed by atoms with Crippen molar-refractivity contribution in [2.75, 3.05) is 31.3 Å². The van der Waals surface area contributed by atoms with Crippen molar-refractivity contribution in [1.29, 1.82) is 0 Å². The van der Waals surface area contributed by atoms with Crippen molar-refractivity contribution >= 4 is 40.5 Å². The lowest BCUT2D eigenvalue weighted by Crippen LogP contribution is -2.27. The van der Waals surface area contributed by atoms with Gasteiger partial charge in [0.1, 0.15) is 11.3 Å². The third-order valence-corrected chi connectivity index (χ3v) is 4.90. The summed E-state index contributed by atoms with van der Waals surface area (Å²) in [7, 11) is 3.53. The fourth-order valence-corrected chi connectivity index (χ4v) is 3.70. The average Bonchev–Trinajstić information content (AvgIpc) is 3.02. The van der Waals surface area contributed by atoms with Gasteiger partial charge in [-0.25, -0.2) is 9.97 Å². The number of nitrogens with zero attached hydrogens (tertiary/aromatic N) is 3. The molecule has 0 spiro atoms. The number of hydrogen-bond acceptors (Lipinski definition) is 7. The highest BCUT2D eigenvalue weighted by atomic mass is 32.2. The summed E-state index contributed by atoms with van der Waals surface area (Å²) in [6, 6.07) is 5.72. The number of rotatable bonds is 5. The number of nitrogens with two attached hydrogens (primary N) is 1. The molecule has 0 aliphatic carbocycles. The van der Waals surface area contributed by atoms with Crippen LogP contribution in [0.3, 0.4) is 0 Å². The van der Waals surface area contributed by atoms with Crippen LogP contribution in [0.5, 0.6) is 0 Å². The van der Waals surface area contributed by atoms with Gasteiger partial charge < -0.3 is 21.3 Å². The lowest BCUT2D eigenvalue weighted by atomic mass is 10.2. The van der Waals surface area contributed by atoms with Gasteiger partial charge in [0.15, 0.2) is 5.82 Å². The van der Waals surface area contributed by atoms with E-state index in [0.717, 1.165) is 18.0 Å². The van der Waals surface area contributed by atoms with Gasteiger partial charge in [-0.3, -0.25) is 9.59 Å². The fourth-order valence-electron chi connectivity index (χ4n) is 2.61. The largest absolute Gasteiger partial charge is 0.433 e. The molecule has 2 aromatic rings. The van der Waals surface area contributed by atoms with E-state index in [4.69, 9.17) is 5.73 Å². The molecule has 0 saturated carbocycles. The molecule has 2 amide bonds. The Balaban J connectivity index is 1.91. The molecule has 1 aromatic carbocycles. The Morgan fingerprint density at radius 1 is 1.27 bits per heavy atom. The molecule has 1 aliphatic heterocycles. The number of thioether (sulfide) groups is 1. The van der Waals surface area contributed by atoms with Gasteiger partial charge in [0, 0.05) is 16.8 Å². The fraction of sp³-hybridized carbons (Fsp3) is 0.222. The van der Waals surface area contributed by atoms with E-state index >= 15 is 0 Å². The first kappa shape index (κ1) is 21.6. The Morgan fingerprint density at radius 2 is 2.00 bits per heavy atom. The third kappa shape index (κ3) is 4.89. The molecule has 3 rings (SSSR count). The molecular weight excluding hydrogens is 421 g/mol. The summed E-state index contributed by atoms with van der Waals surface area (Å²) in [5.74, 6) is -1.61. The number of halogens is 3. The second-order valence-electron chi connectivity index (χ2n) is 6.56. The van der Waals surface area contributed by atoms with Crippen LogP contribution in [0, 0.1) is 0 Å². The predicted molar refractivity (Wildman–Crippen MR) is 106 cm³/mol. The van der Waals surface area contributed by atoms with E-state index in [1.807, 2.05) is 0 Å². The molecule has 4 N–H and O–H groups in total. The Kier molecular flexibility index (Phi) is 5.99. The van der Waals surface area contributed by atoms with Crippen molar-refractivity contribution in [3.63, 3.8) is 0 Å². The molecule has 1 aliphatic rings. The predicted octanol–water partition coefficient (Wildman–Crippen LogP) is 2.37. The molecular formula is C18H17F3N6O2S. The summed E-state index contributed by atoms with van der Waals surface area (Å²) in [4.78, 5) is 33.5. The van der Waals surface area contributed by atoms with Gasteiger partial charge in [0.25, 0.3) is 5.91 Å². The molecule has 1 aromatic heterocycles. The number of anilines is 2. The Morgan fingerprint density at radius 3 is 2.63 bits per heavy atom. The molecule has 8 nitrogen and oxygen atoms in total. The molecule has 0 atom stereocenters. The summed E-state index contributed by atoms with van der Waals surface area (Å²) in [5, 5.41) is 5.89. The van der Waals surface area contributed by atoms with E-state index in [-0.39, 0.29) is 23.1 Å². The topological polar surface area (TPSA) is 113 Å². The molecule has 0 fully saturated rings. The third-order valence-electron chi connectivity index (χ3n) is 3.83. The lowest BCUT2D eigenvalue weighted by molar-refractivity contribution is -0.141. The first-order valence-electron chi connectivity index (χ1n) is 8.53. The first-order valence-corrected chi connectivity index (χ1v) is 9.34. The molecule has 0 radical (unpaired) electrons. The highest BCUT2D eigenvalue weighted by Crippen LogP contribution is 2.44. The van der Waals surface area contributed by atoms with Gasteiger partial charge >= 0.3 is 6.18 Å². The smallest absolute Gasteiger partial charge is 0.365 e. The van der Waals surface area contributed by atoms with Crippen LogP contribution >= 0.6 is 11.8 Å². The number of hydrogen-bond donors (Lipinski definition) is 3.